The fourth-order valence-electron chi connectivity index (χ4n) is 0.285. The van der Waals surface area contributed by atoms with Gasteiger partial charge in [-0.3, -0.25) is 0 Å². The van der Waals surface area contributed by atoms with E-state index in [2.05, 4.69) is 24.4 Å². The summed E-state index contributed by atoms with van der Waals surface area (Å²) in [6, 6.07) is 0. The first-order valence-corrected chi connectivity index (χ1v) is 5.26. The summed E-state index contributed by atoms with van der Waals surface area (Å²) in [5, 5.41) is 0. The summed E-state index contributed by atoms with van der Waals surface area (Å²) in [6.45, 7) is 0. The van der Waals surface area contributed by atoms with Gasteiger partial charge in [-0.25, -0.2) is 0 Å². The quantitative estimate of drug-likeness (QED) is 0.458. The van der Waals surface area contributed by atoms with Gasteiger partial charge in [0.05, 0.1) is 0 Å². The minimum absolute atomic E-state index is 0. The van der Waals surface area contributed by atoms with Crippen LogP contribution >= 0.6 is 48.0 Å². The smallest absolute Gasteiger partial charge is 0.131 e. The molecule has 0 fully saturated rings. The van der Waals surface area contributed by atoms with Gasteiger partial charge in [-0.15, -0.1) is 0 Å². The van der Waals surface area contributed by atoms with Crippen LogP contribution in [-0.4, -0.2) is 20.1 Å². The molecule has 0 amide bonds. The molecule has 0 aliphatic carbocycles. The van der Waals surface area contributed by atoms with Crippen LogP contribution in [0.1, 0.15) is 0 Å². The molecule has 0 aliphatic heterocycles. The predicted octanol–water partition coefficient (Wildman–Crippen LogP) is 0.935. The maximum Gasteiger partial charge on any atom is 0.131 e. The number of rotatable bonds is 3. The Hall–Kier alpha value is 1.52. The zero-order valence-corrected chi connectivity index (χ0v) is 11.6. The van der Waals surface area contributed by atoms with Gasteiger partial charge < -0.3 is 11.5 Å². The molecule has 0 saturated carbocycles. The Balaban J connectivity index is -0.000000405. The standard InChI is InChI=1S/C4H8N2S4.2Mn/c5-3(7)9-1-2-10-4(6)8;;/h1-2H2,(H2,5,7)(H2,6,8);;. The number of hydrogen-bond acceptors (Lipinski definition) is 4. The molecular weight excluding hydrogens is 314 g/mol. The largest absolute Gasteiger partial charge is 0.385 e. The molecule has 0 atom stereocenters. The van der Waals surface area contributed by atoms with E-state index in [-0.39, 0.29) is 34.1 Å². The molecule has 2 radical (unpaired) electrons. The Morgan fingerprint density at radius 3 is 1.33 bits per heavy atom. The van der Waals surface area contributed by atoms with Gasteiger partial charge in [-0.1, -0.05) is 48.0 Å². The number of thiocarbonyl (C=S) groups is 2. The molecule has 0 aromatic rings. The molecule has 0 rings (SSSR count). The first kappa shape index (κ1) is 19.1. The Labute approximate surface area is 113 Å². The number of thioether (sulfide) groups is 2. The average Bonchev–Trinajstić information content (AvgIpc) is 1.79. The summed E-state index contributed by atoms with van der Waals surface area (Å²) >= 11 is 12.2. The molecular formula is C4H8Mn2N2S4. The molecule has 8 heteroatoms. The van der Waals surface area contributed by atoms with E-state index in [9.17, 15) is 0 Å². The molecule has 0 aromatic heterocycles. The normalized spacial score (nSPS) is 7.67. The minimum Gasteiger partial charge on any atom is -0.385 e. The molecule has 4 N–H and O–H groups in total. The van der Waals surface area contributed by atoms with E-state index in [1.165, 1.54) is 23.5 Å². The van der Waals surface area contributed by atoms with Crippen molar-refractivity contribution in [2.24, 2.45) is 11.5 Å². The van der Waals surface area contributed by atoms with Gasteiger partial charge in [-0.05, 0) is 0 Å². The van der Waals surface area contributed by atoms with Crippen molar-refractivity contribution in [1.29, 1.82) is 0 Å². The predicted molar refractivity (Wildman–Crippen MR) is 58.5 cm³/mol. The van der Waals surface area contributed by atoms with E-state index in [0.717, 1.165) is 11.5 Å². The maximum atomic E-state index is 5.23. The van der Waals surface area contributed by atoms with Crippen molar-refractivity contribution in [1.82, 2.24) is 0 Å². The molecule has 12 heavy (non-hydrogen) atoms. The molecule has 0 unspecified atom stereocenters. The van der Waals surface area contributed by atoms with Crippen LogP contribution in [0.4, 0.5) is 0 Å². The van der Waals surface area contributed by atoms with Crippen LogP contribution < -0.4 is 11.5 Å². The first-order valence-electron chi connectivity index (χ1n) is 2.47. The third kappa shape index (κ3) is 17.6. The molecule has 0 heterocycles. The molecule has 0 bridgehead atoms. The Morgan fingerprint density at radius 1 is 0.917 bits per heavy atom. The molecule has 0 aliphatic rings. The van der Waals surface area contributed by atoms with Crippen molar-refractivity contribution >= 4 is 56.6 Å². The average molecular weight is 322 g/mol. The van der Waals surface area contributed by atoms with Gasteiger partial charge in [0.2, 0.25) is 0 Å². The van der Waals surface area contributed by atoms with E-state index in [4.69, 9.17) is 11.5 Å². The Morgan fingerprint density at radius 2 is 1.17 bits per heavy atom. The number of hydrogen-bond donors (Lipinski definition) is 2. The van der Waals surface area contributed by atoms with Gasteiger partial charge >= 0.3 is 0 Å². The van der Waals surface area contributed by atoms with Gasteiger partial charge in [-0.2, -0.15) is 0 Å². The van der Waals surface area contributed by atoms with Crippen LogP contribution in [0.5, 0.6) is 0 Å². The van der Waals surface area contributed by atoms with Crippen LogP contribution in [0, 0.1) is 0 Å². The zero-order valence-electron chi connectivity index (χ0n) is 5.96. The number of nitrogens with two attached hydrogens (primary N) is 2. The molecule has 0 saturated heterocycles. The molecule has 0 aromatic carbocycles. The summed E-state index contributed by atoms with van der Waals surface area (Å²) in [6.07, 6.45) is 0. The third-order valence-corrected chi connectivity index (χ3v) is 2.92. The summed E-state index contributed by atoms with van der Waals surface area (Å²) < 4.78 is 0.951. The SMILES string of the molecule is NC(=S)SCCSC(N)=S.[Mn].[Mn]. The molecule has 0 spiro atoms. The van der Waals surface area contributed by atoms with E-state index < -0.39 is 0 Å². The first-order chi connectivity index (χ1) is 4.63. The van der Waals surface area contributed by atoms with Crippen LogP contribution in [0.2, 0.25) is 0 Å². The zero-order chi connectivity index (χ0) is 7.98. The second-order valence-corrected chi connectivity index (χ2v) is 5.00. The van der Waals surface area contributed by atoms with Gasteiger partial charge in [0.25, 0.3) is 0 Å². The Bertz CT molecular complexity index is 127. The monoisotopic (exact) mass is 322 g/mol. The van der Waals surface area contributed by atoms with Crippen LogP contribution in [0.3, 0.4) is 0 Å². The maximum absolute atomic E-state index is 5.23. The van der Waals surface area contributed by atoms with E-state index in [1.54, 1.807) is 0 Å². The second-order valence-electron chi connectivity index (χ2n) is 1.33. The van der Waals surface area contributed by atoms with Crippen LogP contribution in [0.25, 0.3) is 0 Å². The van der Waals surface area contributed by atoms with E-state index in [1.807, 2.05) is 0 Å². The van der Waals surface area contributed by atoms with Crippen molar-refractivity contribution < 1.29 is 34.1 Å². The topological polar surface area (TPSA) is 52.0 Å². The van der Waals surface area contributed by atoms with Gasteiger partial charge in [0.1, 0.15) is 8.64 Å². The van der Waals surface area contributed by atoms with Crippen molar-refractivity contribution in [3.05, 3.63) is 0 Å². The third-order valence-electron chi connectivity index (χ3n) is 0.572. The van der Waals surface area contributed by atoms with Crippen molar-refractivity contribution in [2.45, 2.75) is 0 Å². The summed E-state index contributed by atoms with van der Waals surface area (Å²) in [4.78, 5) is 0. The summed E-state index contributed by atoms with van der Waals surface area (Å²) in [5.41, 5.74) is 10.5. The summed E-state index contributed by atoms with van der Waals surface area (Å²) in [5.74, 6) is 1.74. The fourth-order valence-corrected chi connectivity index (χ4v) is 1.85. The van der Waals surface area contributed by atoms with Crippen molar-refractivity contribution in [2.75, 3.05) is 11.5 Å². The van der Waals surface area contributed by atoms with Crippen LogP contribution in [0.15, 0.2) is 0 Å². The van der Waals surface area contributed by atoms with Gasteiger partial charge in [0.15, 0.2) is 0 Å². The van der Waals surface area contributed by atoms with Crippen molar-refractivity contribution in [3.63, 3.8) is 0 Å². The van der Waals surface area contributed by atoms with Gasteiger partial charge in [0, 0.05) is 45.6 Å². The van der Waals surface area contributed by atoms with Crippen molar-refractivity contribution in [3.8, 4) is 0 Å². The fraction of sp³-hybridized carbons (Fsp3) is 0.500. The minimum atomic E-state index is 0. The van der Waals surface area contributed by atoms with E-state index >= 15 is 0 Å². The second kappa shape index (κ2) is 12.5. The Kier molecular flexibility index (Phi) is 20.0. The van der Waals surface area contributed by atoms with E-state index in [0.29, 0.717) is 8.64 Å². The molecule has 72 valence electrons. The molecule has 2 nitrogen and oxygen atoms in total. The summed E-state index contributed by atoms with van der Waals surface area (Å²) in [7, 11) is 0. The van der Waals surface area contributed by atoms with Crippen LogP contribution in [-0.2, 0) is 34.1 Å².